The topological polar surface area (TPSA) is 26.0 Å². The van der Waals surface area contributed by atoms with E-state index in [0.29, 0.717) is 5.92 Å². The highest BCUT2D eigenvalue weighted by molar-refractivity contribution is 7.99. The largest absolute Gasteiger partial charge is 0.330 e. The summed E-state index contributed by atoms with van der Waals surface area (Å²) < 4.78 is 0. The lowest BCUT2D eigenvalue weighted by atomic mass is 9.80. The zero-order chi connectivity index (χ0) is 15.1. The summed E-state index contributed by atoms with van der Waals surface area (Å²) >= 11 is 2.08. The molecule has 0 amide bonds. The molecule has 1 unspecified atom stereocenters. The third-order valence-electron chi connectivity index (χ3n) is 4.83. The van der Waals surface area contributed by atoms with E-state index < -0.39 is 0 Å². The molecule has 21 heavy (non-hydrogen) atoms. The summed E-state index contributed by atoms with van der Waals surface area (Å²) in [6, 6.07) is 7.19. The molecule has 2 heteroatoms. The molecule has 0 bridgehead atoms. The molecule has 2 rings (SSSR count). The van der Waals surface area contributed by atoms with Gasteiger partial charge in [-0.3, -0.25) is 0 Å². The van der Waals surface area contributed by atoms with E-state index >= 15 is 0 Å². The summed E-state index contributed by atoms with van der Waals surface area (Å²) in [6.45, 7) is 5.29. The van der Waals surface area contributed by atoms with Crippen molar-refractivity contribution in [2.24, 2.45) is 11.7 Å². The summed E-state index contributed by atoms with van der Waals surface area (Å²) in [5.74, 6) is 4.05. The third-order valence-corrected chi connectivity index (χ3v) is 5.76. The molecule has 0 aliphatic heterocycles. The van der Waals surface area contributed by atoms with Gasteiger partial charge in [-0.2, -0.15) is 11.8 Å². The maximum Gasteiger partial charge on any atom is -0.000824 e. The highest BCUT2D eigenvalue weighted by Crippen LogP contribution is 2.31. The van der Waals surface area contributed by atoms with Crippen LogP contribution in [0.15, 0.2) is 18.2 Å². The van der Waals surface area contributed by atoms with Gasteiger partial charge in [0.1, 0.15) is 0 Å². The first-order chi connectivity index (χ1) is 10.3. The standard InChI is InChI=1S/C19H31NS/c1-3-5-19(14-20)18-9-8-16-12-15(10-11-21-4-2)6-7-17(16)13-18/h8-9,13,15,19H,3-7,10-12,14,20H2,1-2H3/t15-,19?/m1/s1. The fraction of sp³-hybridized carbons (Fsp3) is 0.684. The molecular formula is C19H31NS. The zero-order valence-corrected chi connectivity index (χ0v) is 14.6. The Morgan fingerprint density at radius 3 is 2.86 bits per heavy atom. The van der Waals surface area contributed by atoms with Crippen molar-refractivity contribution in [2.75, 3.05) is 18.1 Å². The van der Waals surface area contributed by atoms with E-state index in [0.717, 1.165) is 12.5 Å². The van der Waals surface area contributed by atoms with E-state index in [1.807, 2.05) is 0 Å². The van der Waals surface area contributed by atoms with Crippen molar-refractivity contribution < 1.29 is 0 Å². The van der Waals surface area contributed by atoms with Crippen LogP contribution >= 0.6 is 11.8 Å². The normalized spacial score (nSPS) is 19.3. The van der Waals surface area contributed by atoms with Gasteiger partial charge >= 0.3 is 0 Å². The Morgan fingerprint density at radius 1 is 1.29 bits per heavy atom. The maximum absolute atomic E-state index is 5.95. The molecule has 2 atom stereocenters. The van der Waals surface area contributed by atoms with Gasteiger partial charge in [-0.15, -0.1) is 0 Å². The number of rotatable bonds is 8. The Balaban J connectivity index is 1.99. The first-order valence-electron chi connectivity index (χ1n) is 8.67. The van der Waals surface area contributed by atoms with Crippen molar-refractivity contribution in [1.29, 1.82) is 0 Å². The quantitative estimate of drug-likeness (QED) is 0.700. The van der Waals surface area contributed by atoms with Gasteiger partial charge in [-0.25, -0.2) is 0 Å². The summed E-state index contributed by atoms with van der Waals surface area (Å²) in [6.07, 6.45) is 7.76. The highest BCUT2D eigenvalue weighted by Gasteiger charge is 2.19. The van der Waals surface area contributed by atoms with Crippen LogP contribution in [-0.2, 0) is 12.8 Å². The summed E-state index contributed by atoms with van der Waals surface area (Å²) in [4.78, 5) is 0. The van der Waals surface area contributed by atoms with Gasteiger partial charge < -0.3 is 5.73 Å². The van der Waals surface area contributed by atoms with E-state index in [-0.39, 0.29) is 0 Å². The molecule has 0 aromatic heterocycles. The van der Waals surface area contributed by atoms with Crippen molar-refractivity contribution >= 4 is 11.8 Å². The molecule has 0 saturated heterocycles. The zero-order valence-electron chi connectivity index (χ0n) is 13.7. The van der Waals surface area contributed by atoms with Gasteiger partial charge in [0.2, 0.25) is 0 Å². The molecule has 1 aliphatic rings. The average molecular weight is 306 g/mol. The van der Waals surface area contributed by atoms with Crippen molar-refractivity contribution in [3.8, 4) is 0 Å². The minimum absolute atomic E-state index is 0.555. The van der Waals surface area contributed by atoms with Gasteiger partial charge in [0.15, 0.2) is 0 Å². The Hall–Kier alpha value is -0.470. The fourth-order valence-corrected chi connectivity index (χ4v) is 4.30. The SMILES string of the molecule is CCCC(CN)c1ccc2c(c1)CC[C@H](CCSCC)C2. The van der Waals surface area contributed by atoms with Crippen LogP contribution in [0.2, 0.25) is 0 Å². The first-order valence-corrected chi connectivity index (χ1v) is 9.83. The Labute approximate surface area is 135 Å². The molecular weight excluding hydrogens is 274 g/mol. The van der Waals surface area contributed by atoms with Gasteiger partial charge in [0, 0.05) is 0 Å². The van der Waals surface area contributed by atoms with Crippen LogP contribution in [0.25, 0.3) is 0 Å². The number of hydrogen-bond donors (Lipinski definition) is 1. The lowest BCUT2D eigenvalue weighted by molar-refractivity contribution is 0.447. The molecule has 2 N–H and O–H groups in total. The van der Waals surface area contributed by atoms with E-state index in [1.54, 1.807) is 11.1 Å². The number of benzene rings is 1. The lowest BCUT2D eigenvalue weighted by Gasteiger charge is -2.26. The molecule has 118 valence electrons. The average Bonchev–Trinajstić information content (AvgIpc) is 2.52. The van der Waals surface area contributed by atoms with Gasteiger partial charge in [0.25, 0.3) is 0 Å². The van der Waals surface area contributed by atoms with Gasteiger partial charge in [0.05, 0.1) is 0 Å². The second-order valence-corrected chi connectivity index (χ2v) is 7.74. The second-order valence-electron chi connectivity index (χ2n) is 6.34. The third kappa shape index (κ3) is 4.75. The van der Waals surface area contributed by atoms with Crippen LogP contribution in [0.1, 0.15) is 62.1 Å². The monoisotopic (exact) mass is 305 g/mol. The van der Waals surface area contributed by atoms with Gasteiger partial charge in [-0.1, -0.05) is 38.5 Å². The van der Waals surface area contributed by atoms with Crippen LogP contribution < -0.4 is 5.73 Å². The number of fused-ring (bicyclic) bond motifs is 1. The van der Waals surface area contributed by atoms with Crippen LogP contribution in [0.3, 0.4) is 0 Å². The minimum atomic E-state index is 0.555. The summed E-state index contributed by atoms with van der Waals surface area (Å²) in [7, 11) is 0. The number of thioether (sulfide) groups is 1. The van der Waals surface area contributed by atoms with Crippen molar-refractivity contribution in [2.45, 2.75) is 58.3 Å². The molecule has 0 saturated carbocycles. The second kappa shape index (κ2) is 8.85. The summed E-state index contributed by atoms with van der Waals surface area (Å²) in [5.41, 5.74) is 10.6. The minimum Gasteiger partial charge on any atom is -0.330 e. The maximum atomic E-state index is 5.95. The van der Waals surface area contributed by atoms with Gasteiger partial charge in [-0.05, 0) is 78.7 Å². The Morgan fingerprint density at radius 2 is 2.14 bits per heavy atom. The van der Waals surface area contributed by atoms with Crippen molar-refractivity contribution in [3.63, 3.8) is 0 Å². The molecule has 0 spiro atoms. The molecule has 1 aromatic carbocycles. The Bertz CT molecular complexity index is 430. The Kier molecular flexibility index (Phi) is 7.12. The fourth-order valence-electron chi connectivity index (χ4n) is 3.51. The molecule has 1 aliphatic carbocycles. The number of nitrogens with two attached hydrogens (primary N) is 1. The molecule has 0 fully saturated rings. The van der Waals surface area contributed by atoms with E-state index in [9.17, 15) is 0 Å². The number of hydrogen-bond acceptors (Lipinski definition) is 2. The summed E-state index contributed by atoms with van der Waals surface area (Å²) in [5, 5.41) is 0. The van der Waals surface area contributed by atoms with Crippen LogP contribution in [0.4, 0.5) is 0 Å². The highest BCUT2D eigenvalue weighted by atomic mass is 32.2. The predicted molar refractivity (Wildman–Crippen MR) is 96.3 cm³/mol. The molecule has 0 radical (unpaired) electrons. The van der Waals surface area contributed by atoms with Crippen molar-refractivity contribution in [1.82, 2.24) is 0 Å². The first kappa shape index (κ1) is 16.9. The smallest absolute Gasteiger partial charge is 0.000824 e. The van der Waals surface area contributed by atoms with Crippen LogP contribution in [0, 0.1) is 5.92 Å². The van der Waals surface area contributed by atoms with Crippen molar-refractivity contribution in [3.05, 3.63) is 34.9 Å². The van der Waals surface area contributed by atoms with Crippen LogP contribution in [-0.4, -0.2) is 18.1 Å². The number of aryl methyl sites for hydroxylation is 1. The molecule has 0 heterocycles. The predicted octanol–water partition coefficient (Wildman–Crippen LogP) is 4.78. The van der Waals surface area contributed by atoms with Crippen LogP contribution in [0.5, 0.6) is 0 Å². The van der Waals surface area contributed by atoms with E-state index in [2.05, 4.69) is 43.8 Å². The molecule has 1 nitrogen and oxygen atoms in total. The molecule has 1 aromatic rings. The van der Waals surface area contributed by atoms with E-state index in [1.165, 1.54) is 55.6 Å². The lowest BCUT2D eigenvalue weighted by Crippen LogP contribution is -2.17. The van der Waals surface area contributed by atoms with E-state index in [4.69, 9.17) is 5.73 Å².